The summed E-state index contributed by atoms with van der Waals surface area (Å²) in [5.41, 5.74) is 0.266. The lowest BCUT2D eigenvalue weighted by molar-refractivity contribution is -0.116. The van der Waals surface area contributed by atoms with Crippen LogP contribution in [0.3, 0.4) is 0 Å². The number of anilines is 1. The molecule has 0 aliphatic carbocycles. The zero-order chi connectivity index (χ0) is 15.0. The van der Waals surface area contributed by atoms with Crippen LogP contribution in [0.4, 0.5) is 5.69 Å². The highest BCUT2D eigenvalue weighted by Crippen LogP contribution is 2.20. The maximum atomic E-state index is 12.0. The van der Waals surface area contributed by atoms with E-state index in [9.17, 15) is 13.2 Å². The summed E-state index contributed by atoms with van der Waals surface area (Å²) in [4.78, 5) is 11.8. The Kier molecular flexibility index (Phi) is 6.63. The van der Waals surface area contributed by atoms with Crippen LogP contribution in [0.1, 0.15) is 26.2 Å². The molecule has 1 amide bonds. The molecule has 0 bridgehead atoms. The summed E-state index contributed by atoms with van der Waals surface area (Å²) in [7, 11) is -3.62. The normalized spacial score (nSPS) is 11.3. The van der Waals surface area contributed by atoms with Crippen molar-refractivity contribution in [1.29, 1.82) is 0 Å². The van der Waals surface area contributed by atoms with Crippen molar-refractivity contribution in [3.63, 3.8) is 0 Å². The van der Waals surface area contributed by atoms with Gasteiger partial charge in [0.15, 0.2) is 0 Å². The van der Waals surface area contributed by atoms with Crippen molar-refractivity contribution in [2.45, 2.75) is 31.1 Å². The lowest BCUT2D eigenvalue weighted by Gasteiger charge is -2.11. The first-order valence-electron chi connectivity index (χ1n) is 6.50. The lowest BCUT2D eigenvalue weighted by atomic mass is 10.2. The predicted molar refractivity (Wildman–Crippen MR) is 76.9 cm³/mol. The Morgan fingerprint density at radius 2 is 1.95 bits per heavy atom. The van der Waals surface area contributed by atoms with Crippen molar-refractivity contribution in [3.8, 4) is 0 Å². The first-order valence-corrected chi connectivity index (χ1v) is 7.99. The first-order chi connectivity index (χ1) is 9.51. The van der Waals surface area contributed by atoms with Crippen LogP contribution in [0.25, 0.3) is 0 Å². The summed E-state index contributed by atoms with van der Waals surface area (Å²) in [5, 5.41) is 11.3. The van der Waals surface area contributed by atoms with E-state index in [1.54, 1.807) is 25.1 Å². The zero-order valence-corrected chi connectivity index (χ0v) is 12.2. The average molecular weight is 300 g/mol. The van der Waals surface area contributed by atoms with Gasteiger partial charge in [0, 0.05) is 19.6 Å². The van der Waals surface area contributed by atoms with Gasteiger partial charge < -0.3 is 10.4 Å². The number of hydrogen-bond acceptors (Lipinski definition) is 4. The standard InChI is InChI=1S/C13H20N2O4S/c1-2-14-20(18,19)12-8-4-3-7-11(12)15-13(17)9-5-6-10-16/h3-4,7-8,14,16H,2,5-6,9-10H2,1H3,(H,15,17). The minimum Gasteiger partial charge on any atom is -0.396 e. The Bertz CT molecular complexity index is 543. The molecule has 20 heavy (non-hydrogen) atoms. The van der Waals surface area contributed by atoms with Gasteiger partial charge in [-0.25, -0.2) is 13.1 Å². The molecule has 0 aromatic heterocycles. The second kappa shape index (κ2) is 7.98. The largest absolute Gasteiger partial charge is 0.396 e. The maximum absolute atomic E-state index is 12.0. The van der Waals surface area contributed by atoms with Gasteiger partial charge in [-0.3, -0.25) is 4.79 Å². The third kappa shape index (κ3) is 4.92. The molecule has 6 nitrogen and oxygen atoms in total. The van der Waals surface area contributed by atoms with Crippen LogP contribution < -0.4 is 10.0 Å². The Morgan fingerprint density at radius 1 is 1.25 bits per heavy atom. The molecule has 0 radical (unpaired) electrons. The number of nitrogens with one attached hydrogen (secondary N) is 2. The minimum atomic E-state index is -3.62. The van der Waals surface area contributed by atoms with E-state index in [4.69, 9.17) is 5.11 Å². The number of aliphatic hydroxyl groups is 1. The van der Waals surface area contributed by atoms with Gasteiger partial charge in [0.05, 0.1) is 5.69 Å². The van der Waals surface area contributed by atoms with E-state index in [1.165, 1.54) is 6.07 Å². The van der Waals surface area contributed by atoms with Gasteiger partial charge in [0.2, 0.25) is 15.9 Å². The van der Waals surface area contributed by atoms with Crippen LogP contribution in [-0.2, 0) is 14.8 Å². The number of para-hydroxylation sites is 1. The third-order valence-electron chi connectivity index (χ3n) is 2.60. The van der Waals surface area contributed by atoms with Crippen molar-refractivity contribution in [3.05, 3.63) is 24.3 Å². The second-order valence-electron chi connectivity index (χ2n) is 4.23. The molecule has 0 saturated carbocycles. The molecular weight excluding hydrogens is 280 g/mol. The summed E-state index contributed by atoms with van der Waals surface area (Å²) in [6, 6.07) is 6.26. The minimum absolute atomic E-state index is 0.0403. The van der Waals surface area contributed by atoms with Crippen LogP contribution in [-0.4, -0.2) is 32.6 Å². The maximum Gasteiger partial charge on any atom is 0.242 e. The SMILES string of the molecule is CCNS(=O)(=O)c1ccccc1NC(=O)CCCCO. The molecule has 1 aromatic carbocycles. The Labute approximate surface area is 119 Å². The molecule has 0 atom stereocenters. The third-order valence-corrected chi connectivity index (χ3v) is 4.20. The summed E-state index contributed by atoms with van der Waals surface area (Å²) in [6.45, 7) is 2.01. The number of benzene rings is 1. The summed E-state index contributed by atoms with van der Waals surface area (Å²) in [6.07, 6.45) is 1.35. The number of hydrogen-bond donors (Lipinski definition) is 3. The number of carbonyl (C=O) groups excluding carboxylic acids is 1. The van der Waals surface area contributed by atoms with Crippen molar-refractivity contribution in [2.75, 3.05) is 18.5 Å². The zero-order valence-electron chi connectivity index (χ0n) is 11.4. The molecule has 0 aliphatic rings. The van der Waals surface area contributed by atoms with Gasteiger partial charge in [0.25, 0.3) is 0 Å². The molecule has 7 heteroatoms. The van der Waals surface area contributed by atoms with E-state index in [-0.39, 0.29) is 36.1 Å². The fourth-order valence-electron chi connectivity index (χ4n) is 1.68. The average Bonchev–Trinajstić information content (AvgIpc) is 2.39. The quantitative estimate of drug-likeness (QED) is 0.626. The highest BCUT2D eigenvalue weighted by atomic mass is 32.2. The van der Waals surface area contributed by atoms with Gasteiger partial charge in [-0.15, -0.1) is 0 Å². The number of unbranched alkanes of at least 4 members (excludes halogenated alkanes) is 1. The van der Waals surface area contributed by atoms with Crippen LogP contribution >= 0.6 is 0 Å². The number of aliphatic hydroxyl groups excluding tert-OH is 1. The van der Waals surface area contributed by atoms with E-state index in [1.807, 2.05) is 0 Å². The Balaban J connectivity index is 2.83. The molecule has 1 rings (SSSR count). The van der Waals surface area contributed by atoms with E-state index in [0.717, 1.165) is 0 Å². The molecule has 3 N–H and O–H groups in total. The molecule has 0 spiro atoms. The molecule has 0 aliphatic heterocycles. The molecule has 0 heterocycles. The topological polar surface area (TPSA) is 95.5 Å². The van der Waals surface area contributed by atoms with E-state index in [2.05, 4.69) is 10.0 Å². The van der Waals surface area contributed by atoms with E-state index >= 15 is 0 Å². The van der Waals surface area contributed by atoms with Crippen LogP contribution in [0.2, 0.25) is 0 Å². The lowest BCUT2D eigenvalue weighted by Crippen LogP contribution is -2.25. The second-order valence-corrected chi connectivity index (χ2v) is 5.96. The van der Waals surface area contributed by atoms with E-state index < -0.39 is 10.0 Å². The number of amides is 1. The highest BCUT2D eigenvalue weighted by molar-refractivity contribution is 7.89. The molecule has 0 fully saturated rings. The van der Waals surface area contributed by atoms with Gasteiger partial charge in [-0.2, -0.15) is 0 Å². The number of sulfonamides is 1. The molecule has 112 valence electrons. The van der Waals surface area contributed by atoms with Crippen molar-refractivity contribution >= 4 is 21.6 Å². The van der Waals surface area contributed by atoms with Gasteiger partial charge in [0.1, 0.15) is 4.90 Å². The smallest absolute Gasteiger partial charge is 0.242 e. The van der Waals surface area contributed by atoms with E-state index in [0.29, 0.717) is 12.8 Å². The Hall–Kier alpha value is -1.44. The number of carbonyl (C=O) groups is 1. The predicted octanol–water partition coefficient (Wildman–Crippen LogP) is 1.09. The Morgan fingerprint density at radius 3 is 2.60 bits per heavy atom. The monoisotopic (exact) mass is 300 g/mol. The van der Waals surface area contributed by atoms with Crippen LogP contribution in [0, 0.1) is 0 Å². The first kappa shape index (κ1) is 16.6. The summed E-state index contributed by atoms with van der Waals surface area (Å²) < 4.78 is 26.4. The van der Waals surface area contributed by atoms with Gasteiger partial charge in [-0.1, -0.05) is 19.1 Å². The molecule has 0 saturated heterocycles. The van der Waals surface area contributed by atoms with Crippen LogP contribution in [0.5, 0.6) is 0 Å². The summed E-state index contributed by atoms with van der Waals surface area (Å²) in [5.74, 6) is -0.266. The summed E-state index contributed by atoms with van der Waals surface area (Å²) >= 11 is 0. The fraction of sp³-hybridized carbons (Fsp3) is 0.462. The molecule has 0 unspecified atom stereocenters. The molecular formula is C13H20N2O4S. The van der Waals surface area contributed by atoms with Gasteiger partial charge in [-0.05, 0) is 25.0 Å². The van der Waals surface area contributed by atoms with Crippen LogP contribution in [0.15, 0.2) is 29.2 Å². The van der Waals surface area contributed by atoms with Crippen molar-refractivity contribution in [1.82, 2.24) is 4.72 Å². The van der Waals surface area contributed by atoms with Crippen molar-refractivity contribution < 1.29 is 18.3 Å². The number of rotatable bonds is 8. The van der Waals surface area contributed by atoms with Crippen molar-refractivity contribution in [2.24, 2.45) is 0 Å². The van der Waals surface area contributed by atoms with Gasteiger partial charge >= 0.3 is 0 Å². The fourth-order valence-corrected chi connectivity index (χ4v) is 2.88. The highest BCUT2D eigenvalue weighted by Gasteiger charge is 2.18. The molecule has 1 aromatic rings.